The number of piperazine rings is 1. The fourth-order valence-corrected chi connectivity index (χ4v) is 3.35. The molecule has 1 amide bonds. The van der Waals surface area contributed by atoms with Crippen LogP contribution in [0.1, 0.15) is 23.9 Å². The van der Waals surface area contributed by atoms with Gasteiger partial charge in [-0.2, -0.15) is 5.10 Å². The summed E-state index contributed by atoms with van der Waals surface area (Å²) in [6, 6.07) is 7.80. The first-order valence-electron chi connectivity index (χ1n) is 8.28. The fraction of sp³-hybridized carbons (Fsp3) is 0.444. The van der Waals surface area contributed by atoms with Gasteiger partial charge in [0.15, 0.2) is 0 Å². The molecule has 0 radical (unpaired) electrons. The molecule has 0 aliphatic carbocycles. The monoisotopic (exact) mass is 346 g/mol. The van der Waals surface area contributed by atoms with Crippen molar-refractivity contribution in [2.24, 2.45) is 0 Å². The van der Waals surface area contributed by atoms with Crippen LogP contribution < -0.4 is 5.32 Å². The minimum Gasteiger partial charge on any atom is -0.337 e. The second-order valence-electron chi connectivity index (χ2n) is 6.35. The topological polar surface area (TPSA) is 50.2 Å². The lowest BCUT2D eigenvalue weighted by Crippen LogP contribution is -2.52. The highest BCUT2D eigenvalue weighted by Crippen LogP contribution is 2.21. The summed E-state index contributed by atoms with van der Waals surface area (Å²) >= 11 is 5.96. The molecule has 2 heterocycles. The van der Waals surface area contributed by atoms with E-state index in [0.717, 1.165) is 42.3 Å². The molecular formula is C18H23ClN4O. The van der Waals surface area contributed by atoms with Crippen LogP contribution in [0.25, 0.3) is 5.69 Å². The Morgan fingerprint density at radius 1 is 1.33 bits per heavy atom. The van der Waals surface area contributed by atoms with Gasteiger partial charge in [0.1, 0.15) is 0 Å². The molecule has 6 heteroatoms. The molecule has 3 rings (SSSR count). The second-order valence-corrected chi connectivity index (χ2v) is 6.79. The maximum Gasteiger partial charge on any atom is 0.227 e. The van der Waals surface area contributed by atoms with Gasteiger partial charge in [-0.3, -0.25) is 4.79 Å². The highest BCUT2D eigenvalue weighted by Gasteiger charge is 2.25. The number of amides is 1. The summed E-state index contributed by atoms with van der Waals surface area (Å²) in [4.78, 5) is 14.7. The van der Waals surface area contributed by atoms with E-state index in [1.165, 1.54) is 0 Å². The number of halogens is 1. The lowest BCUT2D eigenvalue weighted by atomic mass is 10.1. The fourth-order valence-electron chi connectivity index (χ4n) is 3.23. The van der Waals surface area contributed by atoms with Gasteiger partial charge in [0.25, 0.3) is 0 Å². The SMILES string of the molecule is Cc1nn(-c2ccc(Cl)cc2)c(C)c1CC(=O)N1CCNC[C@@H]1C. The molecule has 1 aromatic heterocycles. The van der Waals surface area contributed by atoms with Crippen LogP contribution >= 0.6 is 11.6 Å². The zero-order chi connectivity index (χ0) is 17.3. The summed E-state index contributed by atoms with van der Waals surface area (Å²) in [6.07, 6.45) is 0.398. The molecule has 128 valence electrons. The summed E-state index contributed by atoms with van der Waals surface area (Å²) in [5.41, 5.74) is 3.87. The Kier molecular flexibility index (Phi) is 4.92. The Morgan fingerprint density at radius 2 is 2.04 bits per heavy atom. The van der Waals surface area contributed by atoms with Crippen molar-refractivity contribution < 1.29 is 4.79 Å². The van der Waals surface area contributed by atoms with Crippen molar-refractivity contribution in [1.82, 2.24) is 20.0 Å². The van der Waals surface area contributed by atoms with Crippen LogP contribution in [-0.2, 0) is 11.2 Å². The first-order chi connectivity index (χ1) is 11.5. The van der Waals surface area contributed by atoms with Crippen LogP contribution in [0.5, 0.6) is 0 Å². The number of aromatic nitrogens is 2. The van der Waals surface area contributed by atoms with E-state index in [1.54, 1.807) is 0 Å². The Labute approximate surface area is 147 Å². The summed E-state index contributed by atoms with van der Waals surface area (Å²) in [6.45, 7) is 8.54. The van der Waals surface area contributed by atoms with Crippen LogP contribution in [0.2, 0.25) is 5.02 Å². The number of nitrogens with one attached hydrogen (secondary N) is 1. The average Bonchev–Trinajstić information content (AvgIpc) is 2.84. The minimum atomic E-state index is 0.172. The number of nitrogens with zero attached hydrogens (tertiary/aromatic N) is 3. The summed E-state index contributed by atoms with van der Waals surface area (Å²) < 4.78 is 1.88. The molecular weight excluding hydrogens is 324 g/mol. The van der Waals surface area contributed by atoms with E-state index < -0.39 is 0 Å². The van der Waals surface area contributed by atoms with Crippen LogP contribution in [0.4, 0.5) is 0 Å². The van der Waals surface area contributed by atoms with Gasteiger partial charge >= 0.3 is 0 Å². The number of benzene rings is 1. The third-order valence-corrected chi connectivity index (χ3v) is 4.91. The lowest BCUT2D eigenvalue weighted by Gasteiger charge is -2.34. The van der Waals surface area contributed by atoms with Crippen molar-refractivity contribution in [3.63, 3.8) is 0 Å². The molecule has 1 saturated heterocycles. The molecule has 24 heavy (non-hydrogen) atoms. The largest absolute Gasteiger partial charge is 0.337 e. The third-order valence-electron chi connectivity index (χ3n) is 4.66. The van der Waals surface area contributed by atoms with E-state index in [2.05, 4.69) is 17.3 Å². The molecule has 1 fully saturated rings. The normalized spacial score (nSPS) is 18.0. The van der Waals surface area contributed by atoms with Gasteiger partial charge in [0.2, 0.25) is 5.91 Å². The first kappa shape index (κ1) is 17.0. The van der Waals surface area contributed by atoms with Crippen LogP contribution in [0, 0.1) is 13.8 Å². The quantitative estimate of drug-likeness (QED) is 0.929. The smallest absolute Gasteiger partial charge is 0.227 e. The maximum absolute atomic E-state index is 12.7. The molecule has 1 aromatic carbocycles. The molecule has 5 nitrogen and oxygen atoms in total. The van der Waals surface area contributed by atoms with E-state index in [1.807, 2.05) is 47.7 Å². The van der Waals surface area contributed by atoms with E-state index in [9.17, 15) is 4.79 Å². The van der Waals surface area contributed by atoms with Crippen molar-refractivity contribution >= 4 is 17.5 Å². The van der Waals surface area contributed by atoms with Crippen LogP contribution in [0.15, 0.2) is 24.3 Å². The molecule has 1 aliphatic heterocycles. The zero-order valence-electron chi connectivity index (χ0n) is 14.3. The van der Waals surface area contributed by atoms with Crippen LogP contribution in [0.3, 0.4) is 0 Å². The van der Waals surface area contributed by atoms with E-state index in [-0.39, 0.29) is 11.9 Å². The molecule has 0 unspecified atom stereocenters. The van der Waals surface area contributed by atoms with Crippen molar-refractivity contribution in [2.75, 3.05) is 19.6 Å². The minimum absolute atomic E-state index is 0.172. The molecule has 0 bridgehead atoms. The van der Waals surface area contributed by atoms with Gasteiger partial charge in [0.05, 0.1) is 17.8 Å². The van der Waals surface area contributed by atoms with Crippen molar-refractivity contribution in [3.8, 4) is 5.69 Å². The Balaban J connectivity index is 1.84. The lowest BCUT2D eigenvalue weighted by molar-refractivity contribution is -0.133. The highest BCUT2D eigenvalue weighted by atomic mass is 35.5. The number of carbonyl (C=O) groups is 1. The van der Waals surface area contributed by atoms with Gasteiger partial charge in [-0.15, -0.1) is 0 Å². The maximum atomic E-state index is 12.7. The van der Waals surface area contributed by atoms with Gasteiger partial charge in [-0.05, 0) is 45.0 Å². The molecule has 1 N–H and O–H groups in total. The average molecular weight is 347 g/mol. The Morgan fingerprint density at radius 3 is 2.71 bits per heavy atom. The van der Waals surface area contributed by atoms with Crippen LogP contribution in [-0.4, -0.2) is 46.3 Å². The number of carbonyl (C=O) groups excluding carboxylic acids is 1. The standard InChI is InChI=1S/C18H23ClN4O/c1-12-11-20-8-9-22(12)18(24)10-17-13(2)21-23(14(17)3)16-6-4-15(19)5-7-16/h4-7,12,20H,8-11H2,1-3H3/t12-/m0/s1. The number of rotatable bonds is 3. The summed E-state index contributed by atoms with van der Waals surface area (Å²) in [5.74, 6) is 0.172. The van der Waals surface area contributed by atoms with Gasteiger partial charge in [-0.1, -0.05) is 11.6 Å². The first-order valence-corrected chi connectivity index (χ1v) is 8.66. The second kappa shape index (κ2) is 6.95. The summed E-state index contributed by atoms with van der Waals surface area (Å²) in [7, 11) is 0. The van der Waals surface area contributed by atoms with E-state index >= 15 is 0 Å². The molecule has 1 aliphatic rings. The summed E-state index contributed by atoms with van der Waals surface area (Å²) in [5, 5.41) is 8.63. The van der Waals surface area contributed by atoms with Gasteiger partial charge in [-0.25, -0.2) is 4.68 Å². The highest BCUT2D eigenvalue weighted by molar-refractivity contribution is 6.30. The van der Waals surface area contributed by atoms with Gasteiger partial charge < -0.3 is 10.2 Å². The molecule has 0 spiro atoms. The third kappa shape index (κ3) is 3.32. The molecule has 1 atom stereocenters. The number of hydrogen-bond donors (Lipinski definition) is 1. The molecule has 0 saturated carbocycles. The van der Waals surface area contributed by atoms with Crippen molar-refractivity contribution in [1.29, 1.82) is 0 Å². The number of aryl methyl sites for hydroxylation is 1. The number of hydrogen-bond acceptors (Lipinski definition) is 3. The van der Waals surface area contributed by atoms with E-state index in [0.29, 0.717) is 11.4 Å². The predicted molar refractivity (Wildman–Crippen MR) is 95.8 cm³/mol. The Hall–Kier alpha value is -1.85. The van der Waals surface area contributed by atoms with E-state index in [4.69, 9.17) is 11.6 Å². The van der Waals surface area contributed by atoms with Gasteiger partial charge in [0, 0.05) is 42.0 Å². The predicted octanol–water partition coefficient (Wildman–Crippen LogP) is 2.51. The van der Waals surface area contributed by atoms with Crippen molar-refractivity contribution in [2.45, 2.75) is 33.2 Å². The Bertz CT molecular complexity index is 738. The molecule has 2 aromatic rings. The van der Waals surface area contributed by atoms with Crippen molar-refractivity contribution in [3.05, 3.63) is 46.2 Å². The zero-order valence-corrected chi connectivity index (χ0v) is 15.1.